The second kappa shape index (κ2) is 8.21. The van der Waals surface area contributed by atoms with Gasteiger partial charge in [0.25, 0.3) is 5.56 Å². The number of anilines is 1. The molecular weight excluding hydrogens is 405 g/mol. The first kappa shape index (κ1) is 20.4. The van der Waals surface area contributed by atoms with Gasteiger partial charge in [-0.2, -0.15) is 5.26 Å². The second-order valence-corrected chi connectivity index (χ2v) is 8.61. The molecule has 0 bridgehead atoms. The summed E-state index contributed by atoms with van der Waals surface area (Å²) in [6.07, 6.45) is 4.05. The molecule has 0 atom stereocenters. The number of benzene rings is 2. The number of nitriles is 1. The highest BCUT2D eigenvalue weighted by Crippen LogP contribution is 2.40. The van der Waals surface area contributed by atoms with Gasteiger partial charge in [-0.1, -0.05) is 12.1 Å². The molecule has 0 spiro atoms. The van der Waals surface area contributed by atoms with Crippen molar-refractivity contribution in [2.75, 3.05) is 18.0 Å². The average Bonchev–Trinajstić information content (AvgIpc) is 3.65. The van der Waals surface area contributed by atoms with Crippen molar-refractivity contribution in [3.8, 4) is 23.1 Å². The molecule has 1 aliphatic carbocycles. The molecule has 3 aromatic rings. The van der Waals surface area contributed by atoms with Crippen LogP contribution >= 0.6 is 0 Å². The van der Waals surface area contributed by atoms with Crippen molar-refractivity contribution in [1.82, 2.24) is 9.55 Å². The highest BCUT2D eigenvalue weighted by Gasteiger charge is 2.24. The predicted molar refractivity (Wildman–Crippen MR) is 121 cm³/mol. The van der Waals surface area contributed by atoms with Crippen LogP contribution in [0.2, 0.25) is 0 Å². The van der Waals surface area contributed by atoms with Crippen molar-refractivity contribution in [3.05, 3.63) is 75.8 Å². The molecule has 0 amide bonds. The van der Waals surface area contributed by atoms with Gasteiger partial charge in [-0.25, -0.2) is 9.37 Å². The zero-order valence-corrected chi connectivity index (χ0v) is 17.7. The fourth-order valence-electron chi connectivity index (χ4n) is 4.26. The van der Waals surface area contributed by atoms with Gasteiger partial charge in [-0.05, 0) is 67.5 Å². The number of hydrogen-bond acceptors (Lipinski definition) is 5. The highest BCUT2D eigenvalue weighted by atomic mass is 19.1. The molecule has 1 saturated carbocycles. The number of hydrogen-bond donors (Lipinski definition) is 1. The number of rotatable bonds is 4. The van der Waals surface area contributed by atoms with Gasteiger partial charge < -0.3 is 10.6 Å². The summed E-state index contributed by atoms with van der Waals surface area (Å²) >= 11 is 0. The first-order valence-corrected chi connectivity index (χ1v) is 11.0. The van der Waals surface area contributed by atoms with Crippen molar-refractivity contribution in [3.63, 3.8) is 0 Å². The Kier molecular flexibility index (Phi) is 5.24. The summed E-state index contributed by atoms with van der Waals surface area (Å²) in [5.74, 6) is 0.889. The number of piperidine rings is 1. The number of nitrogens with two attached hydrogens (primary N) is 1. The summed E-state index contributed by atoms with van der Waals surface area (Å²) in [5.41, 5.74) is 8.14. The Morgan fingerprint density at radius 1 is 1.03 bits per heavy atom. The van der Waals surface area contributed by atoms with E-state index < -0.39 is 5.82 Å². The minimum absolute atomic E-state index is 0.0439. The molecule has 0 radical (unpaired) electrons. The van der Waals surface area contributed by atoms with Gasteiger partial charge in [0.1, 0.15) is 23.5 Å². The molecule has 7 heteroatoms. The minimum Gasteiger partial charge on any atom is -0.356 e. The Hall–Kier alpha value is -3.50. The lowest BCUT2D eigenvalue weighted by Crippen LogP contribution is -2.40. The molecule has 2 N–H and O–H groups in total. The van der Waals surface area contributed by atoms with Gasteiger partial charge in [-0.15, -0.1) is 0 Å². The van der Waals surface area contributed by atoms with Gasteiger partial charge in [0.05, 0.1) is 11.3 Å². The molecule has 2 heterocycles. The predicted octanol–water partition coefficient (Wildman–Crippen LogP) is 3.72. The fraction of sp³-hybridized carbons (Fsp3) is 0.320. The Morgan fingerprint density at radius 2 is 1.75 bits per heavy atom. The third kappa shape index (κ3) is 3.90. The topological polar surface area (TPSA) is 87.9 Å². The zero-order chi connectivity index (χ0) is 22.2. The highest BCUT2D eigenvalue weighted by molar-refractivity contribution is 5.62. The van der Waals surface area contributed by atoms with Gasteiger partial charge in [0, 0.05) is 30.8 Å². The number of nitrogens with zero attached hydrogens (tertiary/aromatic N) is 4. The normalized spacial score (nSPS) is 16.7. The van der Waals surface area contributed by atoms with E-state index in [1.54, 1.807) is 6.07 Å². The maximum absolute atomic E-state index is 14.5. The Labute approximate surface area is 185 Å². The lowest BCUT2D eigenvalue weighted by atomic mass is 10.1. The van der Waals surface area contributed by atoms with Crippen molar-refractivity contribution in [2.45, 2.75) is 37.6 Å². The van der Waals surface area contributed by atoms with Crippen molar-refractivity contribution in [2.24, 2.45) is 5.73 Å². The van der Waals surface area contributed by atoms with E-state index in [-0.39, 0.29) is 17.2 Å². The van der Waals surface area contributed by atoms with E-state index in [4.69, 9.17) is 16.0 Å². The molecule has 6 nitrogen and oxygen atoms in total. The fourth-order valence-corrected chi connectivity index (χ4v) is 4.26. The molecular formula is C25H24FN5O. The van der Waals surface area contributed by atoms with E-state index >= 15 is 0 Å². The van der Waals surface area contributed by atoms with Crippen LogP contribution in [0.15, 0.2) is 53.3 Å². The Morgan fingerprint density at radius 3 is 2.38 bits per heavy atom. The van der Waals surface area contributed by atoms with Gasteiger partial charge in [0.2, 0.25) is 0 Å². The lowest BCUT2D eigenvalue weighted by molar-refractivity contribution is 0.498. The van der Waals surface area contributed by atoms with E-state index in [1.165, 1.54) is 41.2 Å². The second-order valence-electron chi connectivity index (χ2n) is 8.61. The smallest absolute Gasteiger partial charge is 0.260 e. The maximum atomic E-state index is 14.5. The largest absolute Gasteiger partial charge is 0.356 e. The average molecular weight is 429 g/mol. The van der Waals surface area contributed by atoms with Crippen molar-refractivity contribution < 1.29 is 4.39 Å². The number of aromatic nitrogens is 2. The summed E-state index contributed by atoms with van der Waals surface area (Å²) in [6.45, 7) is 1.43. The standard InChI is InChI=1S/C25H24FN5O/c26-22-13-18(3-4-19(22)15-27)25-29-23(30-11-9-20(28)10-12-30)14-24(32)31(25)21-7-5-17(6-8-21)16-1-2-16/h3-8,13-14,16,20H,1-2,9-12,28H2. The summed E-state index contributed by atoms with van der Waals surface area (Å²) in [5, 5.41) is 9.09. The van der Waals surface area contributed by atoms with Crippen LogP contribution in [-0.2, 0) is 0 Å². The number of halogens is 1. The Balaban J connectivity index is 1.63. The van der Waals surface area contributed by atoms with E-state index in [1.807, 2.05) is 30.3 Å². The van der Waals surface area contributed by atoms with Crippen LogP contribution < -0.4 is 16.2 Å². The molecule has 1 aromatic heterocycles. The van der Waals surface area contributed by atoms with Crippen molar-refractivity contribution >= 4 is 5.82 Å². The van der Waals surface area contributed by atoms with Crippen LogP contribution in [0.5, 0.6) is 0 Å². The summed E-state index contributed by atoms with van der Waals surface area (Å²) in [4.78, 5) is 20.2. The molecule has 2 aromatic carbocycles. The first-order valence-electron chi connectivity index (χ1n) is 11.0. The van der Waals surface area contributed by atoms with E-state index in [2.05, 4.69) is 4.90 Å². The van der Waals surface area contributed by atoms with Gasteiger partial charge in [-0.3, -0.25) is 9.36 Å². The summed E-state index contributed by atoms with van der Waals surface area (Å²) in [7, 11) is 0. The van der Waals surface area contributed by atoms with Crippen LogP contribution in [0, 0.1) is 17.1 Å². The molecule has 2 aliphatic rings. The summed E-state index contributed by atoms with van der Waals surface area (Å²) < 4.78 is 16.0. The monoisotopic (exact) mass is 429 g/mol. The minimum atomic E-state index is -0.635. The molecule has 0 unspecified atom stereocenters. The Bertz CT molecular complexity index is 1250. The third-order valence-electron chi connectivity index (χ3n) is 6.32. The van der Waals surface area contributed by atoms with Gasteiger partial charge >= 0.3 is 0 Å². The van der Waals surface area contributed by atoms with E-state index in [9.17, 15) is 9.18 Å². The third-order valence-corrected chi connectivity index (χ3v) is 6.32. The van der Waals surface area contributed by atoms with Crippen LogP contribution in [0.25, 0.3) is 17.1 Å². The molecule has 1 aliphatic heterocycles. The lowest BCUT2D eigenvalue weighted by Gasteiger charge is -2.31. The molecule has 162 valence electrons. The molecule has 5 rings (SSSR count). The molecule has 32 heavy (non-hydrogen) atoms. The van der Waals surface area contributed by atoms with Crippen LogP contribution in [-0.4, -0.2) is 28.7 Å². The molecule has 1 saturated heterocycles. The van der Waals surface area contributed by atoms with E-state index in [0.717, 1.165) is 25.9 Å². The van der Waals surface area contributed by atoms with Crippen LogP contribution in [0.3, 0.4) is 0 Å². The van der Waals surface area contributed by atoms with Crippen LogP contribution in [0.4, 0.5) is 10.2 Å². The summed E-state index contributed by atoms with van der Waals surface area (Å²) in [6, 6.07) is 15.8. The van der Waals surface area contributed by atoms with Crippen LogP contribution in [0.1, 0.15) is 42.7 Å². The zero-order valence-electron chi connectivity index (χ0n) is 17.7. The van der Waals surface area contributed by atoms with Crippen molar-refractivity contribution in [1.29, 1.82) is 5.26 Å². The maximum Gasteiger partial charge on any atom is 0.260 e. The molecule has 2 fully saturated rings. The quantitative estimate of drug-likeness (QED) is 0.683. The van der Waals surface area contributed by atoms with Gasteiger partial charge in [0.15, 0.2) is 0 Å². The van der Waals surface area contributed by atoms with E-state index in [0.29, 0.717) is 28.8 Å². The first-order chi connectivity index (χ1) is 15.5. The SMILES string of the molecule is N#Cc1ccc(-c2nc(N3CCC(N)CC3)cc(=O)n2-c2ccc(C3CC3)cc2)cc1F.